The Morgan fingerprint density at radius 2 is 1.90 bits per heavy atom. The molecule has 1 heterocycles. The van der Waals surface area contributed by atoms with Gasteiger partial charge in [0.2, 0.25) is 0 Å². The SMILES string of the molecule is CCC(CC)n1ccc(COc2cc(C)ccc2C)n1. The quantitative estimate of drug-likeness (QED) is 0.777. The molecule has 0 aliphatic carbocycles. The minimum Gasteiger partial charge on any atom is -0.487 e. The summed E-state index contributed by atoms with van der Waals surface area (Å²) in [5.41, 5.74) is 3.36. The normalized spacial score (nSPS) is 11.1. The van der Waals surface area contributed by atoms with E-state index < -0.39 is 0 Å². The third-order valence-corrected chi connectivity index (χ3v) is 3.70. The number of aryl methyl sites for hydroxylation is 2. The lowest BCUT2D eigenvalue weighted by Crippen LogP contribution is -2.08. The maximum absolute atomic E-state index is 5.89. The first kappa shape index (κ1) is 14.6. The molecule has 0 aliphatic rings. The molecule has 0 fully saturated rings. The van der Waals surface area contributed by atoms with Crippen molar-refractivity contribution in [2.24, 2.45) is 0 Å². The zero-order chi connectivity index (χ0) is 14.5. The number of hydrogen-bond donors (Lipinski definition) is 0. The fourth-order valence-corrected chi connectivity index (χ4v) is 2.34. The topological polar surface area (TPSA) is 27.1 Å². The Balaban J connectivity index is 2.02. The van der Waals surface area contributed by atoms with Crippen LogP contribution in [0.1, 0.15) is 49.6 Å². The van der Waals surface area contributed by atoms with Gasteiger partial charge in [0.25, 0.3) is 0 Å². The molecule has 0 radical (unpaired) electrons. The number of nitrogens with zero attached hydrogens (tertiary/aromatic N) is 2. The van der Waals surface area contributed by atoms with Gasteiger partial charge in [-0.3, -0.25) is 4.68 Å². The Morgan fingerprint density at radius 1 is 1.15 bits per heavy atom. The lowest BCUT2D eigenvalue weighted by Gasteiger charge is -2.12. The van der Waals surface area contributed by atoms with Gasteiger partial charge in [-0.05, 0) is 49.9 Å². The number of benzene rings is 1. The molecule has 2 rings (SSSR count). The molecule has 0 unspecified atom stereocenters. The molecule has 0 amide bonds. The maximum Gasteiger partial charge on any atom is 0.132 e. The fraction of sp³-hybridized carbons (Fsp3) is 0.471. The number of ether oxygens (including phenoxy) is 1. The van der Waals surface area contributed by atoms with Crippen molar-refractivity contribution < 1.29 is 4.74 Å². The zero-order valence-electron chi connectivity index (χ0n) is 12.9. The lowest BCUT2D eigenvalue weighted by molar-refractivity contribution is 0.295. The second kappa shape index (κ2) is 6.60. The molecule has 2 aromatic rings. The summed E-state index contributed by atoms with van der Waals surface area (Å²) in [4.78, 5) is 0. The minimum absolute atomic E-state index is 0.490. The van der Waals surface area contributed by atoms with Crippen molar-refractivity contribution in [3.8, 4) is 5.75 Å². The first-order valence-corrected chi connectivity index (χ1v) is 7.38. The van der Waals surface area contributed by atoms with Crippen molar-refractivity contribution in [1.82, 2.24) is 9.78 Å². The van der Waals surface area contributed by atoms with E-state index in [-0.39, 0.29) is 0 Å². The van der Waals surface area contributed by atoms with Crippen molar-refractivity contribution in [3.05, 3.63) is 47.3 Å². The van der Waals surface area contributed by atoms with E-state index in [1.54, 1.807) is 0 Å². The van der Waals surface area contributed by atoms with E-state index in [2.05, 4.69) is 61.9 Å². The molecule has 0 spiro atoms. The number of rotatable bonds is 6. The highest BCUT2D eigenvalue weighted by molar-refractivity contribution is 5.36. The lowest BCUT2D eigenvalue weighted by atomic mass is 10.1. The minimum atomic E-state index is 0.490. The van der Waals surface area contributed by atoms with Crippen molar-refractivity contribution >= 4 is 0 Å². The zero-order valence-corrected chi connectivity index (χ0v) is 12.9. The van der Waals surface area contributed by atoms with Crippen LogP contribution in [-0.4, -0.2) is 9.78 Å². The van der Waals surface area contributed by atoms with Gasteiger partial charge in [0.1, 0.15) is 12.4 Å². The molecule has 0 atom stereocenters. The molecule has 3 heteroatoms. The van der Waals surface area contributed by atoms with Crippen LogP contribution in [0.3, 0.4) is 0 Å². The summed E-state index contributed by atoms with van der Waals surface area (Å²) < 4.78 is 7.95. The third kappa shape index (κ3) is 3.41. The fourth-order valence-electron chi connectivity index (χ4n) is 2.34. The molecular formula is C17H24N2O. The number of hydrogen-bond acceptors (Lipinski definition) is 2. The van der Waals surface area contributed by atoms with Gasteiger partial charge in [0.05, 0.1) is 11.7 Å². The molecule has 3 nitrogen and oxygen atoms in total. The number of aromatic nitrogens is 2. The summed E-state index contributed by atoms with van der Waals surface area (Å²) in [5.74, 6) is 0.946. The molecule has 1 aromatic heterocycles. The van der Waals surface area contributed by atoms with Gasteiger partial charge in [0, 0.05) is 6.20 Å². The van der Waals surface area contributed by atoms with Crippen LogP contribution in [0, 0.1) is 13.8 Å². The van der Waals surface area contributed by atoms with E-state index in [1.807, 2.05) is 6.07 Å². The summed E-state index contributed by atoms with van der Waals surface area (Å²) in [5, 5.41) is 4.61. The Hall–Kier alpha value is -1.77. The highest BCUT2D eigenvalue weighted by Crippen LogP contribution is 2.20. The van der Waals surface area contributed by atoms with E-state index in [0.29, 0.717) is 12.6 Å². The molecule has 0 aliphatic heterocycles. The molecule has 0 saturated carbocycles. The smallest absolute Gasteiger partial charge is 0.132 e. The van der Waals surface area contributed by atoms with E-state index >= 15 is 0 Å². The molecule has 0 bridgehead atoms. The molecule has 0 N–H and O–H groups in total. The Bertz CT molecular complexity index is 556. The van der Waals surface area contributed by atoms with Crippen LogP contribution >= 0.6 is 0 Å². The van der Waals surface area contributed by atoms with Gasteiger partial charge in [-0.1, -0.05) is 26.0 Å². The summed E-state index contributed by atoms with van der Waals surface area (Å²) in [6.07, 6.45) is 4.27. The second-order valence-electron chi connectivity index (χ2n) is 5.32. The highest BCUT2D eigenvalue weighted by Gasteiger charge is 2.08. The summed E-state index contributed by atoms with van der Waals surface area (Å²) >= 11 is 0. The van der Waals surface area contributed by atoms with Gasteiger partial charge in [-0.15, -0.1) is 0 Å². The van der Waals surface area contributed by atoms with E-state index in [9.17, 15) is 0 Å². The average molecular weight is 272 g/mol. The van der Waals surface area contributed by atoms with Crippen LogP contribution in [0.2, 0.25) is 0 Å². The van der Waals surface area contributed by atoms with E-state index in [1.165, 1.54) is 5.56 Å². The maximum atomic E-state index is 5.89. The van der Waals surface area contributed by atoms with Crippen molar-refractivity contribution in [2.75, 3.05) is 0 Å². The Labute approximate surface area is 121 Å². The predicted molar refractivity (Wildman–Crippen MR) is 82.1 cm³/mol. The monoisotopic (exact) mass is 272 g/mol. The first-order valence-electron chi connectivity index (χ1n) is 7.38. The summed E-state index contributed by atoms with van der Waals surface area (Å²) in [7, 11) is 0. The Morgan fingerprint density at radius 3 is 2.60 bits per heavy atom. The van der Waals surface area contributed by atoms with E-state index in [0.717, 1.165) is 29.8 Å². The third-order valence-electron chi connectivity index (χ3n) is 3.70. The van der Waals surface area contributed by atoms with Crippen molar-refractivity contribution in [1.29, 1.82) is 0 Å². The van der Waals surface area contributed by atoms with Crippen molar-refractivity contribution in [3.63, 3.8) is 0 Å². The molecule has 0 saturated heterocycles. The van der Waals surface area contributed by atoms with E-state index in [4.69, 9.17) is 4.74 Å². The van der Waals surface area contributed by atoms with Crippen LogP contribution in [0.4, 0.5) is 0 Å². The van der Waals surface area contributed by atoms with Crippen molar-refractivity contribution in [2.45, 2.75) is 53.2 Å². The Kier molecular flexibility index (Phi) is 4.83. The molecule has 1 aromatic carbocycles. The van der Waals surface area contributed by atoms with Crippen LogP contribution in [0.15, 0.2) is 30.5 Å². The second-order valence-corrected chi connectivity index (χ2v) is 5.32. The van der Waals surface area contributed by atoms with Gasteiger partial charge in [0.15, 0.2) is 0 Å². The van der Waals surface area contributed by atoms with Crippen LogP contribution in [0.5, 0.6) is 5.75 Å². The summed E-state index contributed by atoms with van der Waals surface area (Å²) in [6, 6.07) is 8.80. The van der Waals surface area contributed by atoms with Gasteiger partial charge < -0.3 is 4.74 Å². The molecular weight excluding hydrogens is 248 g/mol. The standard InChI is InChI=1S/C17H24N2O/c1-5-16(6-2)19-10-9-15(18-19)12-20-17-11-13(3)7-8-14(17)4/h7-11,16H,5-6,12H2,1-4H3. The van der Waals surface area contributed by atoms with Crippen LogP contribution in [-0.2, 0) is 6.61 Å². The highest BCUT2D eigenvalue weighted by atomic mass is 16.5. The molecule has 108 valence electrons. The van der Waals surface area contributed by atoms with Gasteiger partial charge >= 0.3 is 0 Å². The van der Waals surface area contributed by atoms with Crippen LogP contribution in [0.25, 0.3) is 0 Å². The average Bonchev–Trinajstić information content (AvgIpc) is 2.90. The largest absolute Gasteiger partial charge is 0.487 e. The van der Waals surface area contributed by atoms with Crippen LogP contribution < -0.4 is 4.74 Å². The summed E-state index contributed by atoms with van der Waals surface area (Å²) in [6.45, 7) is 9.06. The predicted octanol–water partition coefficient (Wildman–Crippen LogP) is 4.44. The van der Waals surface area contributed by atoms with Gasteiger partial charge in [-0.2, -0.15) is 5.10 Å². The van der Waals surface area contributed by atoms with Gasteiger partial charge in [-0.25, -0.2) is 0 Å². The first-order chi connectivity index (χ1) is 9.63. The molecule has 20 heavy (non-hydrogen) atoms.